The number of benzene rings is 4. The highest BCUT2D eigenvalue weighted by Crippen LogP contribution is 2.37. The second-order valence-electron chi connectivity index (χ2n) is 11.7. The van der Waals surface area contributed by atoms with Gasteiger partial charge in [-0.1, -0.05) is 71.3 Å². The van der Waals surface area contributed by atoms with Crippen LogP contribution in [0.15, 0.2) is 77.7 Å². The lowest BCUT2D eigenvalue weighted by molar-refractivity contribution is -0.938. The van der Waals surface area contributed by atoms with Crippen molar-refractivity contribution >= 4 is 32.4 Å². The minimum Gasteiger partial charge on any atom is -0.454 e. The van der Waals surface area contributed by atoms with E-state index in [1.54, 1.807) is 22.5 Å². The maximum absolute atomic E-state index is 14.2. The number of ether oxygens (including phenoxy) is 2. The number of hydrogen-bond donors (Lipinski definition) is 0. The van der Waals surface area contributed by atoms with E-state index in [0.717, 1.165) is 59.8 Å². The average Bonchev–Trinajstić information content (AvgIpc) is 3.47. The fourth-order valence-corrected chi connectivity index (χ4v) is 7.98. The Morgan fingerprint density at radius 2 is 1.63 bits per heavy atom. The van der Waals surface area contributed by atoms with Gasteiger partial charge in [-0.25, -0.2) is 8.42 Å². The molecule has 0 saturated carbocycles. The van der Waals surface area contributed by atoms with Crippen LogP contribution < -0.4 is 9.47 Å². The van der Waals surface area contributed by atoms with Crippen molar-refractivity contribution in [3.05, 3.63) is 100 Å². The summed E-state index contributed by atoms with van der Waals surface area (Å²) in [4.78, 5) is 0.258. The molecule has 0 atom stereocenters. The summed E-state index contributed by atoms with van der Waals surface area (Å²) >= 11 is 6.37. The Bertz CT molecular complexity index is 1680. The highest BCUT2D eigenvalue weighted by molar-refractivity contribution is 7.89. The van der Waals surface area contributed by atoms with Gasteiger partial charge in [-0.15, -0.1) is 0 Å². The number of quaternary nitrogens is 1. The van der Waals surface area contributed by atoms with Crippen molar-refractivity contribution in [1.82, 2.24) is 4.31 Å². The third-order valence-electron chi connectivity index (χ3n) is 8.69. The van der Waals surface area contributed by atoms with Crippen molar-refractivity contribution in [2.24, 2.45) is 0 Å². The molecule has 0 aromatic heterocycles. The van der Waals surface area contributed by atoms with Crippen LogP contribution in [0.1, 0.15) is 48.9 Å². The summed E-state index contributed by atoms with van der Waals surface area (Å²) in [6.07, 6.45) is 1.66. The predicted octanol–water partition coefficient (Wildman–Crippen LogP) is 7.87. The van der Waals surface area contributed by atoms with Gasteiger partial charge in [0, 0.05) is 34.6 Å². The lowest BCUT2D eigenvalue weighted by Crippen LogP contribution is -2.47. The Kier molecular flexibility index (Phi) is 9.67. The van der Waals surface area contributed by atoms with Gasteiger partial charge in [-0.2, -0.15) is 4.31 Å². The molecule has 0 amide bonds. The molecule has 4 aromatic rings. The molecule has 4 aromatic carbocycles. The van der Waals surface area contributed by atoms with E-state index in [1.165, 1.54) is 16.7 Å². The van der Waals surface area contributed by atoms with Gasteiger partial charge >= 0.3 is 0 Å². The number of sulfonamides is 1. The Morgan fingerprint density at radius 1 is 0.884 bits per heavy atom. The van der Waals surface area contributed by atoms with Gasteiger partial charge in [0.25, 0.3) is 0 Å². The minimum atomic E-state index is -3.82. The van der Waals surface area contributed by atoms with Crippen molar-refractivity contribution in [2.75, 3.05) is 33.0 Å². The first-order chi connectivity index (χ1) is 20.6. The molecule has 0 aliphatic carbocycles. The van der Waals surface area contributed by atoms with Crippen LogP contribution in [0.5, 0.6) is 11.5 Å². The summed E-state index contributed by atoms with van der Waals surface area (Å²) in [5, 5.41) is 2.23. The normalized spacial score (nSPS) is 13.3. The number of halogens is 1. The topological polar surface area (TPSA) is 55.8 Å². The van der Waals surface area contributed by atoms with Crippen molar-refractivity contribution < 1.29 is 22.4 Å². The van der Waals surface area contributed by atoms with Crippen molar-refractivity contribution in [3.63, 3.8) is 0 Å². The summed E-state index contributed by atoms with van der Waals surface area (Å²) in [5.41, 5.74) is 4.74. The molecule has 228 valence electrons. The highest BCUT2D eigenvalue weighted by Gasteiger charge is 2.29. The number of aryl methyl sites for hydroxylation is 2. The van der Waals surface area contributed by atoms with E-state index >= 15 is 0 Å². The van der Waals surface area contributed by atoms with E-state index in [1.807, 2.05) is 36.4 Å². The molecule has 1 aliphatic heterocycles. The summed E-state index contributed by atoms with van der Waals surface area (Å²) in [6.45, 7) is 13.6. The predicted molar refractivity (Wildman–Crippen MR) is 174 cm³/mol. The Balaban J connectivity index is 1.37. The maximum Gasteiger partial charge on any atom is 0.243 e. The molecule has 5 rings (SSSR count). The number of para-hydroxylation sites is 1. The van der Waals surface area contributed by atoms with E-state index < -0.39 is 10.0 Å². The fourth-order valence-electron chi connectivity index (χ4n) is 6.25. The zero-order valence-electron chi connectivity index (χ0n) is 25.6. The molecule has 0 fully saturated rings. The SMILES string of the molecule is CC[N+](CC)(CCCCN(Cc1cccc2c1OCO2)S(=O)(=O)c1ccc2c(Cl)cccc2c1)Cc1cc(C)cc(C)c1. The zero-order chi connectivity index (χ0) is 30.6. The third kappa shape index (κ3) is 7.01. The van der Waals surface area contributed by atoms with E-state index in [4.69, 9.17) is 21.1 Å². The van der Waals surface area contributed by atoms with Crippen LogP contribution in [-0.4, -0.2) is 50.2 Å². The highest BCUT2D eigenvalue weighted by atomic mass is 35.5. The van der Waals surface area contributed by atoms with Crippen LogP contribution in [0.25, 0.3) is 10.8 Å². The molecule has 1 aliphatic rings. The molecule has 0 unspecified atom stereocenters. The van der Waals surface area contributed by atoms with Crippen LogP contribution in [0.2, 0.25) is 5.02 Å². The molecule has 8 heteroatoms. The second kappa shape index (κ2) is 13.3. The summed E-state index contributed by atoms with van der Waals surface area (Å²) < 4.78 is 42.2. The van der Waals surface area contributed by atoms with Gasteiger partial charge in [-0.3, -0.25) is 0 Å². The number of unbranched alkanes of at least 4 members (excludes halogenated alkanes) is 1. The van der Waals surface area contributed by atoms with E-state index in [0.29, 0.717) is 23.1 Å². The number of rotatable bonds is 13. The minimum absolute atomic E-state index is 0.138. The zero-order valence-corrected chi connectivity index (χ0v) is 27.2. The second-order valence-corrected chi connectivity index (χ2v) is 14.0. The lowest BCUT2D eigenvalue weighted by atomic mass is 10.1. The fraction of sp³-hybridized carbons (Fsp3) is 0.371. The maximum atomic E-state index is 14.2. The Labute approximate surface area is 261 Å². The third-order valence-corrected chi connectivity index (χ3v) is 10.9. The van der Waals surface area contributed by atoms with Crippen molar-refractivity contribution in [1.29, 1.82) is 0 Å². The van der Waals surface area contributed by atoms with E-state index in [9.17, 15) is 8.42 Å². The summed E-state index contributed by atoms with van der Waals surface area (Å²) in [7, 11) is -3.82. The van der Waals surface area contributed by atoms with Gasteiger partial charge < -0.3 is 14.0 Å². The molecule has 0 spiro atoms. The van der Waals surface area contributed by atoms with Gasteiger partial charge in [0.05, 0.1) is 24.5 Å². The van der Waals surface area contributed by atoms with E-state index in [-0.39, 0.29) is 18.2 Å². The molecule has 43 heavy (non-hydrogen) atoms. The van der Waals surface area contributed by atoms with Crippen LogP contribution >= 0.6 is 11.6 Å². The van der Waals surface area contributed by atoms with Gasteiger partial charge in [0.2, 0.25) is 16.8 Å². The first-order valence-corrected chi connectivity index (χ1v) is 16.9. The molecule has 0 bridgehead atoms. The first-order valence-electron chi connectivity index (χ1n) is 15.1. The summed E-state index contributed by atoms with van der Waals surface area (Å²) in [6, 6.07) is 23.2. The van der Waals surface area contributed by atoms with Gasteiger partial charge in [0.15, 0.2) is 11.5 Å². The molecule has 6 nitrogen and oxygen atoms in total. The van der Waals surface area contributed by atoms with Crippen LogP contribution in [-0.2, 0) is 23.1 Å². The number of fused-ring (bicyclic) bond motifs is 2. The summed E-state index contributed by atoms with van der Waals surface area (Å²) in [5.74, 6) is 1.27. The first kappa shape index (κ1) is 31.3. The van der Waals surface area contributed by atoms with Crippen LogP contribution in [0.4, 0.5) is 0 Å². The average molecular weight is 622 g/mol. The molecule has 0 N–H and O–H groups in total. The molecular formula is C35H42ClN2O4S+. The van der Waals surface area contributed by atoms with Gasteiger partial charge in [-0.05, 0) is 70.2 Å². The van der Waals surface area contributed by atoms with Crippen LogP contribution in [0, 0.1) is 13.8 Å². The number of nitrogens with zero attached hydrogens (tertiary/aromatic N) is 2. The standard InChI is InChI=1S/C35H42ClN2O4S/c1-5-38(6-2,24-28-20-26(3)19-27(4)21-28)18-8-7-17-37(23-30-12-10-14-34-35(30)42-25-41-34)43(39,40)31-15-16-32-29(22-31)11-9-13-33(32)36/h9-16,19-22H,5-8,17-18,23-25H2,1-4H3/q+1. The van der Waals surface area contributed by atoms with E-state index in [2.05, 4.69) is 45.9 Å². The van der Waals surface area contributed by atoms with Crippen molar-refractivity contribution in [3.8, 4) is 11.5 Å². The molecule has 0 saturated heterocycles. The molecular weight excluding hydrogens is 580 g/mol. The molecule has 0 radical (unpaired) electrons. The largest absolute Gasteiger partial charge is 0.454 e. The lowest BCUT2D eigenvalue weighted by Gasteiger charge is -2.37. The smallest absolute Gasteiger partial charge is 0.243 e. The van der Waals surface area contributed by atoms with Gasteiger partial charge in [0.1, 0.15) is 6.54 Å². The Morgan fingerprint density at radius 3 is 2.37 bits per heavy atom. The molecule has 1 heterocycles. The van der Waals surface area contributed by atoms with Crippen molar-refractivity contribution in [2.45, 2.75) is 58.5 Å². The quantitative estimate of drug-likeness (QED) is 0.113. The monoisotopic (exact) mass is 621 g/mol. The van der Waals surface area contributed by atoms with Crippen LogP contribution in [0.3, 0.4) is 0 Å². The Hall–Kier alpha value is -3.10. The number of hydrogen-bond acceptors (Lipinski definition) is 4.